The number of hydrogen-bond acceptors (Lipinski definition) is 3. The van der Waals surface area contributed by atoms with E-state index in [9.17, 15) is 5.11 Å². The van der Waals surface area contributed by atoms with E-state index in [1.165, 1.54) is 0 Å². The van der Waals surface area contributed by atoms with Crippen LogP contribution in [0.3, 0.4) is 0 Å². The van der Waals surface area contributed by atoms with Crippen molar-refractivity contribution in [3.8, 4) is 0 Å². The van der Waals surface area contributed by atoms with Crippen LogP contribution < -0.4 is 0 Å². The number of nitrogens with zero attached hydrogens (tertiary/aromatic N) is 2. The third-order valence-electron chi connectivity index (χ3n) is 3.52. The summed E-state index contributed by atoms with van der Waals surface area (Å²) >= 11 is 0. The molecule has 3 rings (SSSR count). The maximum absolute atomic E-state index is 10.0. The molecule has 1 aliphatic carbocycles. The van der Waals surface area contributed by atoms with Crippen LogP contribution in [-0.4, -0.2) is 21.4 Å². The Kier molecular flexibility index (Phi) is 2.56. The van der Waals surface area contributed by atoms with Crippen LogP contribution in [0, 0.1) is 12.8 Å². The van der Waals surface area contributed by atoms with Crippen molar-refractivity contribution >= 4 is 10.8 Å². The molecule has 88 valence electrons. The zero-order chi connectivity index (χ0) is 11.8. The van der Waals surface area contributed by atoms with Crippen LogP contribution in [0.1, 0.15) is 24.2 Å². The molecule has 1 unspecified atom stereocenters. The van der Waals surface area contributed by atoms with Gasteiger partial charge in [0.25, 0.3) is 0 Å². The van der Waals surface area contributed by atoms with Crippen molar-refractivity contribution in [2.45, 2.75) is 32.3 Å². The summed E-state index contributed by atoms with van der Waals surface area (Å²) in [5.74, 6) is 0.483. The molecule has 0 aliphatic heterocycles. The number of rotatable bonds is 3. The van der Waals surface area contributed by atoms with Crippen molar-refractivity contribution in [1.29, 1.82) is 0 Å². The van der Waals surface area contributed by atoms with Crippen molar-refractivity contribution in [2.75, 3.05) is 0 Å². The predicted molar refractivity (Wildman–Crippen MR) is 66.7 cm³/mol. The predicted octanol–water partition coefficient (Wildman–Crippen LogP) is 2.25. The van der Waals surface area contributed by atoms with Gasteiger partial charge in [-0.15, -0.1) is 0 Å². The first-order valence-electron chi connectivity index (χ1n) is 6.14. The maximum atomic E-state index is 10.0. The van der Waals surface area contributed by atoms with Gasteiger partial charge in [0.15, 0.2) is 0 Å². The van der Waals surface area contributed by atoms with E-state index < -0.39 is 0 Å². The van der Waals surface area contributed by atoms with E-state index in [-0.39, 0.29) is 6.10 Å². The van der Waals surface area contributed by atoms with Gasteiger partial charge in [-0.3, -0.25) is 0 Å². The van der Waals surface area contributed by atoms with Gasteiger partial charge in [-0.05, 0) is 25.7 Å². The minimum absolute atomic E-state index is 0.254. The van der Waals surface area contributed by atoms with Gasteiger partial charge in [0.2, 0.25) is 0 Å². The fourth-order valence-corrected chi connectivity index (χ4v) is 2.29. The summed E-state index contributed by atoms with van der Waals surface area (Å²) in [5.41, 5.74) is 1.87. The van der Waals surface area contributed by atoms with Crippen LogP contribution in [0.4, 0.5) is 0 Å². The third kappa shape index (κ3) is 2.03. The lowest BCUT2D eigenvalue weighted by atomic mass is 10.0. The summed E-state index contributed by atoms with van der Waals surface area (Å²) in [4.78, 5) is 0. The summed E-state index contributed by atoms with van der Waals surface area (Å²) in [5, 5.41) is 20.7. The molecule has 0 radical (unpaired) electrons. The Morgan fingerprint density at radius 3 is 2.65 bits per heavy atom. The Morgan fingerprint density at radius 2 is 1.94 bits per heavy atom. The number of aryl methyl sites for hydroxylation is 1. The molecule has 3 heteroatoms. The fourth-order valence-electron chi connectivity index (χ4n) is 2.29. The number of fused-ring (bicyclic) bond motifs is 1. The molecule has 1 atom stereocenters. The zero-order valence-electron chi connectivity index (χ0n) is 9.93. The molecular formula is C14H16N2O. The molecule has 17 heavy (non-hydrogen) atoms. The SMILES string of the molecule is Cc1nnc(CC(O)C2CC2)c2ccccc12. The highest BCUT2D eigenvalue weighted by molar-refractivity contribution is 5.86. The van der Waals surface area contributed by atoms with Gasteiger partial charge in [-0.25, -0.2) is 0 Å². The summed E-state index contributed by atoms with van der Waals surface area (Å²) < 4.78 is 0. The second-order valence-corrected chi connectivity index (χ2v) is 4.89. The van der Waals surface area contributed by atoms with Crippen LogP contribution in [0.2, 0.25) is 0 Å². The monoisotopic (exact) mass is 228 g/mol. The molecule has 0 bridgehead atoms. The summed E-state index contributed by atoms with van der Waals surface area (Å²) in [6.45, 7) is 1.97. The Morgan fingerprint density at radius 1 is 1.24 bits per heavy atom. The lowest BCUT2D eigenvalue weighted by molar-refractivity contribution is 0.150. The van der Waals surface area contributed by atoms with Gasteiger partial charge in [0.05, 0.1) is 17.5 Å². The number of aromatic nitrogens is 2. The Labute approximate surface area is 100 Å². The van der Waals surface area contributed by atoms with Crippen molar-refractivity contribution in [2.24, 2.45) is 5.92 Å². The quantitative estimate of drug-likeness (QED) is 0.876. The number of aliphatic hydroxyl groups excluding tert-OH is 1. The summed E-state index contributed by atoms with van der Waals surface area (Å²) in [6, 6.07) is 8.15. The van der Waals surface area contributed by atoms with Gasteiger partial charge in [0, 0.05) is 17.2 Å². The minimum atomic E-state index is -0.254. The van der Waals surface area contributed by atoms with Crippen LogP contribution >= 0.6 is 0 Å². The van der Waals surface area contributed by atoms with Crippen molar-refractivity contribution in [3.63, 3.8) is 0 Å². The van der Waals surface area contributed by atoms with E-state index in [1.54, 1.807) is 0 Å². The highest BCUT2D eigenvalue weighted by Crippen LogP contribution is 2.34. The molecule has 1 aromatic carbocycles. The standard InChI is InChI=1S/C14H16N2O/c1-9-11-4-2-3-5-12(11)13(16-15-9)8-14(17)10-6-7-10/h2-5,10,14,17H,6-8H2,1H3. The summed E-state index contributed by atoms with van der Waals surface area (Å²) in [7, 11) is 0. The Hall–Kier alpha value is -1.48. The molecule has 0 amide bonds. The van der Waals surface area contributed by atoms with E-state index in [0.717, 1.165) is 35.0 Å². The van der Waals surface area contributed by atoms with Gasteiger partial charge in [-0.1, -0.05) is 24.3 Å². The van der Waals surface area contributed by atoms with Crippen molar-refractivity contribution < 1.29 is 5.11 Å². The molecule has 0 spiro atoms. The van der Waals surface area contributed by atoms with E-state index in [2.05, 4.69) is 22.3 Å². The molecule has 1 fully saturated rings. The average Bonchev–Trinajstić information content (AvgIpc) is 3.17. The van der Waals surface area contributed by atoms with Gasteiger partial charge < -0.3 is 5.11 Å². The first-order chi connectivity index (χ1) is 8.25. The minimum Gasteiger partial charge on any atom is -0.392 e. The van der Waals surface area contributed by atoms with Crippen molar-refractivity contribution in [1.82, 2.24) is 10.2 Å². The molecule has 1 N–H and O–H groups in total. The first-order valence-corrected chi connectivity index (χ1v) is 6.14. The average molecular weight is 228 g/mol. The van der Waals surface area contributed by atoms with E-state index in [1.807, 2.05) is 19.1 Å². The number of aliphatic hydroxyl groups is 1. The van der Waals surface area contributed by atoms with E-state index in [0.29, 0.717) is 12.3 Å². The van der Waals surface area contributed by atoms with Gasteiger partial charge in [-0.2, -0.15) is 10.2 Å². The lowest BCUT2D eigenvalue weighted by Gasteiger charge is -2.10. The van der Waals surface area contributed by atoms with Crippen LogP contribution in [0.5, 0.6) is 0 Å². The first kappa shape index (κ1) is 10.7. The number of benzene rings is 1. The largest absolute Gasteiger partial charge is 0.392 e. The second-order valence-electron chi connectivity index (χ2n) is 4.89. The van der Waals surface area contributed by atoms with Gasteiger partial charge in [0.1, 0.15) is 0 Å². The molecule has 1 aromatic heterocycles. The van der Waals surface area contributed by atoms with E-state index >= 15 is 0 Å². The molecule has 3 nitrogen and oxygen atoms in total. The highest BCUT2D eigenvalue weighted by atomic mass is 16.3. The van der Waals surface area contributed by atoms with Crippen molar-refractivity contribution in [3.05, 3.63) is 35.7 Å². The fraction of sp³-hybridized carbons (Fsp3) is 0.429. The van der Waals surface area contributed by atoms with Crippen LogP contribution in [0.25, 0.3) is 10.8 Å². The molecule has 1 heterocycles. The molecular weight excluding hydrogens is 212 g/mol. The normalized spacial score (nSPS) is 17.3. The lowest BCUT2D eigenvalue weighted by Crippen LogP contribution is -2.14. The van der Waals surface area contributed by atoms with Crippen LogP contribution in [0.15, 0.2) is 24.3 Å². The second kappa shape index (κ2) is 4.08. The summed E-state index contributed by atoms with van der Waals surface area (Å²) in [6.07, 6.45) is 2.67. The molecule has 1 aliphatic rings. The van der Waals surface area contributed by atoms with Gasteiger partial charge >= 0.3 is 0 Å². The molecule has 2 aromatic rings. The molecule has 1 saturated carbocycles. The topological polar surface area (TPSA) is 46.0 Å². The zero-order valence-corrected chi connectivity index (χ0v) is 9.93. The smallest absolute Gasteiger partial charge is 0.0735 e. The van der Waals surface area contributed by atoms with Crippen LogP contribution in [-0.2, 0) is 6.42 Å². The highest BCUT2D eigenvalue weighted by Gasteiger charge is 2.30. The number of hydrogen-bond donors (Lipinski definition) is 1. The molecule has 0 saturated heterocycles. The Balaban J connectivity index is 2.01. The van der Waals surface area contributed by atoms with E-state index in [4.69, 9.17) is 0 Å². The Bertz CT molecular complexity index is 549. The maximum Gasteiger partial charge on any atom is 0.0735 e. The third-order valence-corrected chi connectivity index (χ3v) is 3.52.